The first-order valence-corrected chi connectivity index (χ1v) is 2.94. The lowest BCUT2D eigenvalue weighted by Crippen LogP contribution is -2.24. The Kier molecular flexibility index (Phi) is 0.989. The summed E-state index contributed by atoms with van der Waals surface area (Å²) in [6, 6.07) is 0. The first kappa shape index (κ1) is 4.93. The van der Waals surface area contributed by atoms with E-state index in [-0.39, 0.29) is 6.23 Å². The fourth-order valence-electron chi connectivity index (χ4n) is 0.803. The number of nitrogens with zero attached hydrogens (tertiary/aromatic N) is 3. The van der Waals surface area contributed by atoms with Crippen molar-refractivity contribution in [2.75, 3.05) is 6.61 Å². The molecule has 1 saturated heterocycles. The van der Waals surface area contributed by atoms with Gasteiger partial charge in [-0.15, -0.1) is 5.10 Å². The molecule has 1 aliphatic rings. The van der Waals surface area contributed by atoms with E-state index in [1.807, 2.05) is 6.20 Å². The molecular formula is C5H7N3O. The third-order valence-electron chi connectivity index (χ3n) is 1.41. The quantitative estimate of drug-likeness (QED) is 0.538. The van der Waals surface area contributed by atoms with Gasteiger partial charge in [-0.2, -0.15) is 0 Å². The van der Waals surface area contributed by atoms with Crippen LogP contribution in [0.15, 0.2) is 12.4 Å². The van der Waals surface area contributed by atoms with Crippen molar-refractivity contribution in [3.8, 4) is 0 Å². The molecule has 2 heterocycles. The molecule has 0 bridgehead atoms. The summed E-state index contributed by atoms with van der Waals surface area (Å²) in [5.41, 5.74) is 0. The predicted octanol–water partition coefficient (Wildman–Crippen LogP) is 0.197. The third-order valence-corrected chi connectivity index (χ3v) is 1.41. The molecule has 1 aliphatic heterocycles. The van der Waals surface area contributed by atoms with E-state index in [1.165, 1.54) is 0 Å². The predicted molar refractivity (Wildman–Crippen MR) is 29.6 cm³/mol. The molecule has 1 fully saturated rings. The standard InChI is InChI=1S/C5H7N3O/c1-4-9-5(1)8-3-2-6-7-8/h2-3,5H,1,4H2. The smallest absolute Gasteiger partial charge is 0.154 e. The highest BCUT2D eigenvalue weighted by Crippen LogP contribution is 2.20. The Morgan fingerprint density at radius 3 is 3.00 bits per heavy atom. The molecule has 0 aromatic carbocycles. The van der Waals surface area contributed by atoms with Crippen molar-refractivity contribution in [1.29, 1.82) is 0 Å². The summed E-state index contributed by atoms with van der Waals surface area (Å²) in [6.45, 7) is 0.852. The Labute approximate surface area is 52.4 Å². The summed E-state index contributed by atoms with van der Waals surface area (Å²) in [5.74, 6) is 0. The summed E-state index contributed by atoms with van der Waals surface area (Å²) in [4.78, 5) is 0. The summed E-state index contributed by atoms with van der Waals surface area (Å²) in [5, 5.41) is 7.44. The Morgan fingerprint density at radius 1 is 1.67 bits per heavy atom. The zero-order valence-electron chi connectivity index (χ0n) is 4.90. The molecule has 48 valence electrons. The molecule has 0 radical (unpaired) electrons. The molecular weight excluding hydrogens is 118 g/mol. The summed E-state index contributed by atoms with van der Waals surface area (Å²) in [7, 11) is 0. The van der Waals surface area contributed by atoms with Gasteiger partial charge in [0, 0.05) is 12.6 Å². The largest absolute Gasteiger partial charge is 0.356 e. The van der Waals surface area contributed by atoms with E-state index in [0.29, 0.717) is 0 Å². The maximum atomic E-state index is 5.14. The topological polar surface area (TPSA) is 39.9 Å². The van der Waals surface area contributed by atoms with Gasteiger partial charge in [0.05, 0.1) is 12.8 Å². The summed E-state index contributed by atoms with van der Waals surface area (Å²) >= 11 is 0. The van der Waals surface area contributed by atoms with Gasteiger partial charge in [-0.3, -0.25) is 0 Å². The molecule has 1 atom stereocenters. The second-order valence-electron chi connectivity index (χ2n) is 2.00. The molecule has 1 unspecified atom stereocenters. The second kappa shape index (κ2) is 1.80. The summed E-state index contributed by atoms with van der Waals surface area (Å²) < 4.78 is 6.86. The monoisotopic (exact) mass is 125 g/mol. The van der Waals surface area contributed by atoms with Crippen LogP contribution in [0.2, 0.25) is 0 Å². The molecule has 0 saturated carbocycles. The minimum atomic E-state index is 0.160. The zero-order valence-corrected chi connectivity index (χ0v) is 4.90. The molecule has 4 heteroatoms. The fraction of sp³-hybridized carbons (Fsp3) is 0.600. The van der Waals surface area contributed by atoms with Crippen LogP contribution in [0.5, 0.6) is 0 Å². The minimum Gasteiger partial charge on any atom is -0.356 e. The highest BCUT2D eigenvalue weighted by atomic mass is 16.5. The van der Waals surface area contributed by atoms with Crippen molar-refractivity contribution in [3.63, 3.8) is 0 Å². The normalized spacial score (nSPS) is 25.6. The van der Waals surface area contributed by atoms with Gasteiger partial charge in [-0.25, -0.2) is 4.68 Å². The maximum Gasteiger partial charge on any atom is 0.154 e. The molecule has 1 aromatic rings. The maximum absolute atomic E-state index is 5.14. The lowest BCUT2D eigenvalue weighted by molar-refractivity contribution is -0.107. The lowest BCUT2D eigenvalue weighted by Gasteiger charge is -2.25. The van der Waals surface area contributed by atoms with Crippen LogP contribution in [0.4, 0.5) is 0 Å². The van der Waals surface area contributed by atoms with Crippen molar-refractivity contribution < 1.29 is 4.74 Å². The van der Waals surface area contributed by atoms with Crippen molar-refractivity contribution >= 4 is 0 Å². The highest BCUT2D eigenvalue weighted by molar-refractivity contribution is 4.70. The molecule has 2 rings (SSSR count). The van der Waals surface area contributed by atoms with Gasteiger partial charge in [0.15, 0.2) is 6.23 Å². The Hall–Kier alpha value is -0.900. The van der Waals surface area contributed by atoms with Crippen LogP contribution < -0.4 is 0 Å². The van der Waals surface area contributed by atoms with E-state index in [9.17, 15) is 0 Å². The first-order chi connectivity index (χ1) is 4.47. The molecule has 9 heavy (non-hydrogen) atoms. The van der Waals surface area contributed by atoms with Gasteiger partial charge in [0.2, 0.25) is 0 Å². The van der Waals surface area contributed by atoms with Gasteiger partial charge >= 0.3 is 0 Å². The fourth-order valence-corrected chi connectivity index (χ4v) is 0.803. The van der Waals surface area contributed by atoms with Crippen LogP contribution in [-0.4, -0.2) is 21.6 Å². The van der Waals surface area contributed by atoms with Crippen LogP contribution in [-0.2, 0) is 4.74 Å². The van der Waals surface area contributed by atoms with Crippen molar-refractivity contribution in [3.05, 3.63) is 12.4 Å². The van der Waals surface area contributed by atoms with Gasteiger partial charge in [-0.1, -0.05) is 5.21 Å². The molecule has 0 N–H and O–H groups in total. The SMILES string of the molecule is c1cn(C2CCO2)nn1. The highest BCUT2D eigenvalue weighted by Gasteiger charge is 2.19. The van der Waals surface area contributed by atoms with E-state index in [2.05, 4.69) is 10.3 Å². The number of ether oxygens (including phenoxy) is 1. The van der Waals surface area contributed by atoms with Gasteiger partial charge < -0.3 is 4.74 Å². The minimum absolute atomic E-state index is 0.160. The van der Waals surface area contributed by atoms with Crippen LogP contribution in [0.25, 0.3) is 0 Å². The Balaban J connectivity index is 2.14. The molecule has 4 nitrogen and oxygen atoms in total. The molecule has 0 amide bonds. The van der Waals surface area contributed by atoms with E-state index >= 15 is 0 Å². The number of hydrogen-bond acceptors (Lipinski definition) is 3. The van der Waals surface area contributed by atoms with E-state index in [4.69, 9.17) is 4.74 Å². The van der Waals surface area contributed by atoms with Crippen LogP contribution in [0, 0.1) is 0 Å². The van der Waals surface area contributed by atoms with Gasteiger partial charge in [0.1, 0.15) is 0 Å². The van der Waals surface area contributed by atoms with Crippen molar-refractivity contribution in [2.24, 2.45) is 0 Å². The average Bonchev–Trinajstić information content (AvgIpc) is 2.11. The number of hydrogen-bond donors (Lipinski definition) is 0. The van der Waals surface area contributed by atoms with Crippen molar-refractivity contribution in [1.82, 2.24) is 15.0 Å². The third kappa shape index (κ3) is 0.712. The molecule has 0 spiro atoms. The van der Waals surface area contributed by atoms with Crippen LogP contribution in [0.1, 0.15) is 12.6 Å². The number of rotatable bonds is 1. The zero-order chi connectivity index (χ0) is 6.10. The van der Waals surface area contributed by atoms with E-state index in [0.717, 1.165) is 13.0 Å². The van der Waals surface area contributed by atoms with Crippen LogP contribution >= 0.6 is 0 Å². The number of aromatic nitrogens is 3. The van der Waals surface area contributed by atoms with Gasteiger partial charge in [-0.05, 0) is 0 Å². The summed E-state index contributed by atoms with van der Waals surface area (Å²) in [6.07, 6.45) is 4.68. The Morgan fingerprint density at radius 2 is 2.56 bits per heavy atom. The van der Waals surface area contributed by atoms with Crippen molar-refractivity contribution in [2.45, 2.75) is 12.6 Å². The molecule has 1 aromatic heterocycles. The van der Waals surface area contributed by atoms with E-state index < -0.39 is 0 Å². The molecule has 0 aliphatic carbocycles. The second-order valence-corrected chi connectivity index (χ2v) is 2.00. The first-order valence-electron chi connectivity index (χ1n) is 2.94. The van der Waals surface area contributed by atoms with E-state index in [1.54, 1.807) is 10.9 Å². The average molecular weight is 125 g/mol. The van der Waals surface area contributed by atoms with Crippen LogP contribution in [0.3, 0.4) is 0 Å². The van der Waals surface area contributed by atoms with Gasteiger partial charge in [0.25, 0.3) is 0 Å². The lowest BCUT2D eigenvalue weighted by atomic mass is 10.3. The Bertz CT molecular complexity index is 180.